The molecule has 2 saturated carbocycles. The standard InChI is InChI=1S/C12H20N2O3/c13-10(15)11(14-9-1-2-9)3-5-12(6-4-11)16-7-8-17-12/h9,14H,1-8H2,(H2,13,15). The van der Waals surface area contributed by atoms with Crippen LogP contribution in [0.25, 0.3) is 0 Å². The predicted molar refractivity (Wildman–Crippen MR) is 61.2 cm³/mol. The van der Waals surface area contributed by atoms with Crippen molar-refractivity contribution >= 4 is 5.91 Å². The Labute approximate surface area is 101 Å². The van der Waals surface area contributed by atoms with Crippen LogP contribution in [0, 0.1) is 0 Å². The third-order valence-electron chi connectivity index (χ3n) is 4.21. The lowest BCUT2D eigenvalue weighted by atomic mass is 9.78. The third-order valence-corrected chi connectivity index (χ3v) is 4.21. The molecule has 96 valence electrons. The molecule has 1 amide bonds. The molecule has 3 fully saturated rings. The topological polar surface area (TPSA) is 73.6 Å². The Morgan fingerprint density at radius 2 is 1.71 bits per heavy atom. The SMILES string of the molecule is NC(=O)C1(NC2CC2)CCC2(CC1)OCCO2. The molecule has 0 atom stereocenters. The fourth-order valence-corrected chi connectivity index (χ4v) is 2.92. The highest BCUT2D eigenvalue weighted by atomic mass is 16.7. The fourth-order valence-electron chi connectivity index (χ4n) is 2.92. The molecule has 1 spiro atoms. The molecule has 3 rings (SSSR count). The molecule has 5 heteroatoms. The maximum atomic E-state index is 11.7. The Bertz CT molecular complexity index is 312. The molecule has 3 aliphatic rings. The summed E-state index contributed by atoms with van der Waals surface area (Å²) in [5, 5.41) is 3.43. The first-order chi connectivity index (χ1) is 8.14. The number of hydrogen-bond acceptors (Lipinski definition) is 4. The van der Waals surface area contributed by atoms with Crippen molar-refractivity contribution in [1.82, 2.24) is 5.32 Å². The molecular weight excluding hydrogens is 220 g/mol. The van der Waals surface area contributed by atoms with Gasteiger partial charge in [0.15, 0.2) is 5.79 Å². The highest BCUT2D eigenvalue weighted by Crippen LogP contribution is 2.41. The summed E-state index contributed by atoms with van der Waals surface area (Å²) in [6.07, 6.45) is 5.28. The molecule has 0 aromatic heterocycles. The van der Waals surface area contributed by atoms with E-state index in [2.05, 4.69) is 5.32 Å². The predicted octanol–water partition coefficient (Wildman–Crippen LogP) is 0.280. The van der Waals surface area contributed by atoms with E-state index in [0.29, 0.717) is 19.3 Å². The maximum Gasteiger partial charge on any atom is 0.237 e. The maximum absolute atomic E-state index is 11.7. The first-order valence-electron chi connectivity index (χ1n) is 6.50. The van der Waals surface area contributed by atoms with Crippen LogP contribution in [0.4, 0.5) is 0 Å². The Kier molecular flexibility index (Phi) is 2.65. The highest BCUT2D eigenvalue weighted by Gasteiger charge is 2.50. The van der Waals surface area contributed by atoms with E-state index in [9.17, 15) is 4.79 Å². The van der Waals surface area contributed by atoms with Crippen LogP contribution in [-0.4, -0.2) is 36.5 Å². The van der Waals surface area contributed by atoms with Crippen molar-refractivity contribution in [2.75, 3.05) is 13.2 Å². The molecular formula is C12H20N2O3. The minimum Gasteiger partial charge on any atom is -0.368 e. The average Bonchev–Trinajstić information content (AvgIpc) is 3.01. The van der Waals surface area contributed by atoms with Crippen molar-refractivity contribution in [3.63, 3.8) is 0 Å². The van der Waals surface area contributed by atoms with Crippen molar-refractivity contribution in [3.8, 4) is 0 Å². The van der Waals surface area contributed by atoms with E-state index in [-0.39, 0.29) is 5.91 Å². The van der Waals surface area contributed by atoms with Crippen LogP contribution in [0.15, 0.2) is 0 Å². The summed E-state index contributed by atoms with van der Waals surface area (Å²) in [7, 11) is 0. The number of primary amides is 1. The molecule has 0 aromatic rings. The van der Waals surface area contributed by atoms with Gasteiger partial charge in [0.25, 0.3) is 0 Å². The van der Waals surface area contributed by atoms with Crippen molar-refractivity contribution < 1.29 is 14.3 Å². The summed E-state index contributed by atoms with van der Waals surface area (Å²) in [5.74, 6) is -0.651. The Morgan fingerprint density at radius 1 is 1.12 bits per heavy atom. The number of hydrogen-bond donors (Lipinski definition) is 2. The number of nitrogens with one attached hydrogen (secondary N) is 1. The van der Waals surface area contributed by atoms with E-state index in [1.165, 1.54) is 0 Å². The average molecular weight is 240 g/mol. The van der Waals surface area contributed by atoms with Crippen LogP contribution in [-0.2, 0) is 14.3 Å². The Hall–Kier alpha value is -0.650. The van der Waals surface area contributed by atoms with E-state index in [1.54, 1.807) is 0 Å². The molecule has 0 aromatic carbocycles. The van der Waals surface area contributed by atoms with Gasteiger partial charge >= 0.3 is 0 Å². The number of nitrogens with two attached hydrogens (primary N) is 1. The van der Waals surface area contributed by atoms with E-state index >= 15 is 0 Å². The summed E-state index contributed by atoms with van der Waals surface area (Å²) in [4.78, 5) is 11.7. The van der Waals surface area contributed by atoms with Crippen LogP contribution in [0.3, 0.4) is 0 Å². The first kappa shape index (κ1) is 11.4. The Morgan fingerprint density at radius 3 is 2.18 bits per heavy atom. The first-order valence-corrected chi connectivity index (χ1v) is 6.50. The Balaban J connectivity index is 1.68. The van der Waals surface area contributed by atoms with Gasteiger partial charge in [0.05, 0.1) is 18.8 Å². The molecule has 0 radical (unpaired) electrons. The van der Waals surface area contributed by atoms with Crippen LogP contribution in [0.5, 0.6) is 0 Å². The molecule has 1 saturated heterocycles. The van der Waals surface area contributed by atoms with Crippen LogP contribution in [0.1, 0.15) is 38.5 Å². The van der Waals surface area contributed by atoms with Gasteiger partial charge in [-0.1, -0.05) is 0 Å². The minimum absolute atomic E-state index is 0.225. The van der Waals surface area contributed by atoms with Crippen LogP contribution < -0.4 is 11.1 Å². The monoisotopic (exact) mass is 240 g/mol. The van der Waals surface area contributed by atoms with Crippen molar-refractivity contribution in [2.45, 2.75) is 55.9 Å². The van der Waals surface area contributed by atoms with E-state index in [1.807, 2.05) is 0 Å². The molecule has 17 heavy (non-hydrogen) atoms. The normalized spacial score (nSPS) is 30.6. The summed E-state index contributed by atoms with van der Waals surface area (Å²) in [5.41, 5.74) is 5.06. The quantitative estimate of drug-likeness (QED) is 0.743. The number of rotatable bonds is 3. The second-order valence-corrected chi connectivity index (χ2v) is 5.47. The summed E-state index contributed by atoms with van der Waals surface area (Å²) in [6, 6.07) is 0.488. The third kappa shape index (κ3) is 2.07. The molecule has 0 bridgehead atoms. The zero-order valence-electron chi connectivity index (χ0n) is 10.0. The van der Waals surface area contributed by atoms with Gasteiger partial charge in [0.2, 0.25) is 5.91 Å². The highest BCUT2D eigenvalue weighted by molar-refractivity contribution is 5.85. The summed E-state index contributed by atoms with van der Waals surface area (Å²) >= 11 is 0. The number of carbonyl (C=O) groups excluding carboxylic acids is 1. The van der Waals surface area contributed by atoms with Gasteiger partial charge in [0.1, 0.15) is 0 Å². The van der Waals surface area contributed by atoms with Crippen LogP contribution >= 0.6 is 0 Å². The van der Waals surface area contributed by atoms with E-state index in [4.69, 9.17) is 15.2 Å². The van der Waals surface area contributed by atoms with Crippen molar-refractivity contribution in [3.05, 3.63) is 0 Å². The largest absolute Gasteiger partial charge is 0.368 e. The molecule has 2 aliphatic carbocycles. The molecule has 1 aliphatic heterocycles. The van der Waals surface area contributed by atoms with Gasteiger partial charge in [-0.25, -0.2) is 0 Å². The van der Waals surface area contributed by atoms with Crippen molar-refractivity contribution in [2.24, 2.45) is 5.73 Å². The van der Waals surface area contributed by atoms with Gasteiger partial charge in [-0.3, -0.25) is 4.79 Å². The fraction of sp³-hybridized carbons (Fsp3) is 0.917. The van der Waals surface area contributed by atoms with Crippen molar-refractivity contribution in [1.29, 1.82) is 0 Å². The lowest BCUT2D eigenvalue weighted by molar-refractivity contribution is -0.187. The molecule has 0 unspecified atom stereocenters. The van der Waals surface area contributed by atoms with Gasteiger partial charge in [-0.05, 0) is 25.7 Å². The smallest absolute Gasteiger partial charge is 0.237 e. The minimum atomic E-state index is -0.526. The lowest BCUT2D eigenvalue weighted by Crippen LogP contribution is -2.60. The van der Waals surface area contributed by atoms with E-state index < -0.39 is 11.3 Å². The lowest BCUT2D eigenvalue weighted by Gasteiger charge is -2.42. The summed E-state index contributed by atoms with van der Waals surface area (Å²) in [6.45, 7) is 1.33. The zero-order valence-corrected chi connectivity index (χ0v) is 10.0. The van der Waals surface area contributed by atoms with Gasteiger partial charge in [-0.2, -0.15) is 0 Å². The van der Waals surface area contributed by atoms with Gasteiger partial charge in [0, 0.05) is 18.9 Å². The second kappa shape index (κ2) is 3.93. The van der Waals surface area contributed by atoms with E-state index in [0.717, 1.165) is 38.5 Å². The number of ether oxygens (including phenoxy) is 2. The van der Waals surface area contributed by atoms with Gasteiger partial charge < -0.3 is 20.5 Å². The summed E-state index contributed by atoms with van der Waals surface area (Å²) < 4.78 is 11.3. The second-order valence-electron chi connectivity index (χ2n) is 5.47. The molecule has 1 heterocycles. The molecule has 3 N–H and O–H groups in total. The number of carbonyl (C=O) groups is 1. The van der Waals surface area contributed by atoms with Gasteiger partial charge in [-0.15, -0.1) is 0 Å². The number of amides is 1. The van der Waals surface area contributed by atoms with Crippen LogP contribution in [0.2, 0.25) is 0 Å². The zero-order chi connectivity index (χ0) is 11.9. The molecule has 5 nitrogen and oxygen atoms in total.